The van der Waals surface area contributed by atoms with Gasteiger partial charge in [0.15, 0.2) is 0 Å². The molecule has 0 bridgehead atoms. The van der Waals surface area contributed by atoms with Gasteiger partial charge in [0.2, 0.25) is 0 Å². The van der Waals surface area contributed by atoms with Crippen LogP contribution in [0.4, 0.5) is 33.2 Å². The molecule has 0 radical (unpaired) electrons. The molecule has 1 atom stereocenters. The lowest BCUT2D eigenvalue weighted by molar-refractivity contribution is 0.198. The summed E-state index contributed by atoms with van der Waals surface area (Å²) in [5.74, 6) is 0.874. The summed E-state index contributed by atoms with van der Waals surface area (Å²) in [6, 6.07) is 7.62. The summed E-state index contributed by atoms with van der Waals surface area (Å²) in [7, 11) is 0. The van der Waals surface area contributed by atoms with E-state index in [0.717, 1.165) is 12.3 Å². The zero-order valence-electron chi connectivity index (χ0n) is 16.7. The number of hydrogen-bond acceptors (Lipinski definition) is 9. The van der Waals surface area contributed by atoms with Crippen LogP contribution >= 0.6 is 11.6 Å². The third-order valence-corrected chi connectivity index (χ3v) is 5.22. The number of anilines is 5. The molecule has 0 unspecified atom stereocenters. The highest BCUT2D eigenvalue weighted by Crippen LogP contribution is 2.32. The lowest BCUT2D eigenvalue weighted by atomic mass is 10.2. The minimum atomic E-state index is -0.690. The highest BCUT2D eigenvalue weighted by molar-refractivity contribution is 6.33. The molecule has 32 heavy (non-hydrogen) atoms. The van der Waals surface area contributed by atoms with Gasteiger partial charge in [-0.15, -0.1) is 0 Å². The molecule has 1 aliphatic rings. The van der Waals surface area contributed by atoms with Gasteiger partial charge in [0.05, 0.1) is 34.1 Å². The van der Waals surface area contributed by atoms with E-state index < -0.39 is 5.82 Å². The van der Waals surface area contributed by atoms with Crippen LogP contribution in [0.15, 0.2) is 36.8 Å². The summed E-state index contributed by atoms with van der Waals surface area (Å²) in [6.45, 7) is 1.21. The second-order valence-corrected chi connectivity index (χ2v) is 7.53. The van der Waals surface area contributed by atoms with Crippen LogP contribution in [0.3, 0.4) is 0 Å². The summed E-state index contributed by atoms with van der Waals surface area (Å²) in [4.78, 5) is 14.7. The van der Waals surface area contributed by atoms with Gasteiger partial charge in [-0.3, -0.25) is 0 Å². The molecule has 1 aliphatic heterocycles. The second kappa shape index (κ2) is 9.13. The smallest absolute Gasteiger partial charge is 0.149 e. The van der Waals surface area contributed by atoms with Crippen LogP contribution in [0.1, 0.15) is 17.5 Å². The molecular weight excluding hydrogens is 435 g/mol. The van der Waals surface area contributed by atoms with Crippen LogP contribution < -0.4 is 15.5 Å². The normalized spacial score (nSPS) is 15.3. The average molecular weight is 453 g/mol. The standard InChI is InChI=1S/C21H18ClFN8O/c22-15-3-12(7-24)4-16(23)21(15)29-17-5-18(26-9-13(17)8-25)30-19-6-20(28-11-27-19)31-2-1-14(32)10-31/h3-6,8-9,11,14,25,32H,1-2,10H2,(H2,26,27,28,29,30)/t14-/m1/s1. The first-order chi connectivity index (χ1) is 15.5. The molecule has 3 heterocycles. The maximum atomic E-state index is 14.5. The number of nitrogens with zero attached hydrogens (tertiary/aromatic N) is 5. The first-order valence-corrected chi connectivity index (χ1v) is 10.0. The molecule has 2 aromatic heterocycles. The van der Waals surface area contributed by atoms with E-state index in [1.165, 1.54) is 18.6 Å². The van der Waals surface area contributed by atoms with Gasteiger partial charge < -0.3 is 26.0 Å². The molecular formula is C21H18ClFN8O. The Morgan fingerprint density at radius 2 is 2.03 bits per heavy atom. The molecule has 4 rings (SSSR count). The summed E-state index contributed by atoms with van der Waals surface area (Å²) < 4.78 is 14.5. The van der Waals surface area contributed by atoms with Gasteiger partial charge >= 0.3 is 0 Å². The van der Waals surface area contributed by atoms with E-state index in [1.807, 2.05) is 11.0 Å². The predicted octanol–water partition coefficient (Wildman–Crippen LogP) is 3.59. The van der Waals surface area contributed by atoms with Gasteiger partial charge in [-0.05, 0) is 18.6 Å². The van der Waals surface area contributed by atoms with Crippen LogP contribution in [0.2, 0.25) is 5.02 Å². The van der Waals surface area contributed by atoms with Crippen LogP contribution in [-0.4, -0.2) is 45.5 Å². The minimum Gasteiger partial charge on any atom is -0.391 e. The number of aromatic nitrogens is 3. The number of aliphatic hydroxyl groups excluding tert-OH is 1. The van der Waals surface area contributed by atoms with Crippen LogP contribution in [0.5, 0.6) is 0 Å². The Kier molecular flexibility index (Phi) is 6.11. The molecule has 3 aromatic rings. The average Bonchev–Trinajstić information content (AvgIpc) is 3.23. The van der Waals surface area contributed by atoms with Crippen molar-refractivity contribution in [2.75, 3.05) is 28.6 Å². The topological polar surface area (TPSA) is 134 Å². The highest BCUT2D eigenvalue weighted by atomic mass is 35.5. The predicted molar refractivity (Wildman–Crippen MR) is 120 cm³/mol. The molecule has 1 saturated heterocycles. The molecule has 162 valence electrons. The van der Waals surface area contributed by atoms with E-state index >= 15 is 0 Å². The number of nitriles is 1. The Morgan fingerprint density at radius 1 is 1.22 bits per heavy atom. The van der Waals surface area contributed by atoms with E-state index in [0.29, 0.717) is 48.2 Å². The van der Waals surface area contributed by atoms with Crippen LogP contribution in [0.25, 0.3) is 0 Å². The molecule has 1 fully saturated rings. The Morgan fingerprint density at radius 3 is 2.72 bits per heavy atom. The van der Waals surface area contributed by atoms with E-state index in [2.05, 4.69) is 25.6 Å². The summed E-state index contributed by atoms with van der Waals surface area (Å²) in [6.07, 6.45) is 4.25. The first kappa shape index (κ1) is 21.4. The number of aliphatic hydroxyl groups is 1. The van der Waals surface area contributed by atoms with E-state index in [9.17, 15) is 9.50 Å². The Hall–Kier alpha value is -3.81. The van der Waals surface area contributed by atoms with E-state index in [4.69, 9.17) is 22.3 Å². The minimum absolute atomic E-state index is 0.0113. The molecule has 1 aromatic carbocycles. The fraction of sp³-hybridized carbons (Fsp3) is 0.190. The van der Waals surface area contributed by atoms with Crippen molar-refractivity contribution in [1.82, 2.24) is 15.0 Å². The van der Waals surface area contributed by atoms with Crippen molar-refractivity contribution in [2.45, 2.75) is 12.5 Å². The van der Waals surface area contributed by atoms with Gasteiger partial charge in [0.25, 0.3) is 0 Å². The van der Waals surface area contributed by atoms with E-state index in [1.54, 1.807) is 12.1 Å². The molecule has 0 spiro atoms. The number of nitrogens with one attached hydrogen (secondary N) is 3. The maximum Gasteiger partial charge on any atom is 0.149 e. The first-order valence-electron chi connectivity index (χ1n) is 9.65. The Balaban J connectivity index is 1.59. The third kappa shape index (κ3) is 4.59. The number of hydrogen-bond donors (Lipinski definition) is 4. The van der Waals surface area contributed by atoms with Crippen molar-refractivity contribution >= 4 is 46.6 Å². The summed E-state index contributed by atoms with van der Waals surface area (Å²) in [5, 5.41) is 32.3. The van der Waals surface area contributed by atoms with Crippen LogP contribution in [-0.2, 0) is 0 Å². The maximum absolute atomic E-state index is 14.5. The largest absolute Gasteiger partial charge is 0.391 e. The quantitative estimate of drug-likeness (QED) is 0.417. The SMILES string of the molecule is N#Cc1cc(F)c(Nc2cc(Nc3cc(N4CC[C@@H](O)C4)ncn3)ncc2C=N)c(Cl)c1. The number of benzene rings is 1. The lowest BCUT2D eigenvalue weighted by Gasteiger charge is -2.17. The molecule has 11 heteroatoms. The van der Waals surface area contributed by atoms with Crippen molar-refractivity contribution < 1.29 is 9.50 Å². The molecule has 4 N–H and O–H groups in total. The number of pyridine rings is 1. The van der Waals surface area contributed by atoms with Crippen molar-refractivity contribution in [3.63, 3.8) is 0 Å². The van der Waals surface area contributed by atoms with Gasteiger partial charge in [0.1, 0.15) is 29.6 Å². The number of rotatable bonds is 6. The van der Waals surface area contributed by atoms with Crippen molar-refractivity contribution in [2.24, 2.45) is 0 Å². The molecule has 0 saturated carbocycles. The van der Waals surface area contributed by atoms with Gasteiger partial charge in [-0.2, -0.15) is 5.26 Å². The van der Waals surface area contributed by atoms with Crippen molar-refractivity contribution in [1.29, 1.82) is 10.7 Å². The van der Waals surface area contributed by atoms with Crippen LogP contribution in [0, 0.1) is 22.6 Å². The third-order valence-electron chi connectivity index (χ3n) is 4.92. The monoisotopic (exact) mass is 452 g/mol. The fourth-order valence-corrected chi connectivity index (χ4v) is 3.57. The van der Waals surface area contributed by atoms with Gasteiger partial charge in [-0.25, -0.2) is 19.3 Å². The molecule has 0 aliphatic carbocycles. The van der Waals surface area contributed by atoms with Crippen molar-refractivity contribution in [3.8, 4) is 6.07 Å². The Bertz CT molecular complexity index is 1190. The molecule has 9 nitrogen and oxygen atoms in total. The Labute approximate surface area is 188 Å². The number of β-amino-alcohol motifs (C(OH)–C–C–N with tert-alkyl or cyclic N) is 1. The van der Waals surface area contributed by atoms with E-state index in [-0.39, 0.29) is 22.4 Å². The van der Waals surface area contributed by atoms with Gasteiger partial charge in [0, 0.05) is 43.2 Å². The second-order valence-electron chi connectivity index (χ2n) is 7.13. The lowest BCUT2D eigenvalue weighted by Crippen LogP contribution is -2.22. The number of halogens is 2. The summed E-state index contributed by atoms with van der Waals surface area (Å²) >= 11 is 6.14. The zero-order valence-corrected chi connectivity index (χ0v) is 17.4. The zero-order chi connectivity index (χ0) is 22.7. The highest BCUT2D eigenvalue weighted by Gasteiger charge is 2.21. The van der Waals surface area contributed by atoms with Gasteiger partial charge in [-0.1, -0.05) is 11.6 Å². The van der Waals surface area contributed by atoms with Crippen molar-refractivity contribution in [3.05, 3.63) is 58.8 Å². The molecule has 0 amide bonds. The summed E-state index contributed by atoms with van der Waals surface area (Å²) in [5.41, 5.74) is 0.889. The fourth-order valence-electron chi connectivity index (χ4n) is 3.32.